The molecule has 0 aromatic heterocycles. The highest BCUT2D eigenvalue weighted by molar-refractivity contribution is 7.47. The molecular weight excluding hydrogens is 914 g/mol. The zero-order chi connectivity index (χ0) is 52.6. The lowest BCUT2D eigenvalue weighted by molar-refractivity contribution is -0.870. The van der Waals surface area contributed by atoms with Crippen molar-refractivity contribution in [1.82, 2.24) is 0 Å². The maximum absolute atomic E-state index is 12.8. The number of phosphoric ester groups is 1. The number of hydrogen-bond donors (Lipinski definition) is 1. The molecule has 0 saturated heterocycles. The lowest BCUT2D eigenvalue weighted by atomic mass is 10.0. The molecular formula is C63H125NO7P+. The van der Waals surface area contributed by atoms with Gasteiger partial charge in [0, 0.05) is 13.0 Å². The van der Waals surface area contributed by atoms with E-state index in [1.807, 2.05) is 21.1 Å². The maximum atomic E-state index is 12.8. The number of ether oxygens (including phenoxy) is 2. The zero-order valence-electron chi connectivity index (χ0n) is 48.9. The molecule has 72 heavy (non-hydrogen) atoms. The SMILES string of the molecule is CCCCCCC/C=C\C/C=C\CCCCCCCCCCCCCCCCOCC(COP(=O)(O)OCC[N+](C)(C)C)OC(=O)CCCCCCCCCCCCCCCCCCCCCCCCCC. The average Bonchev–Trinajstić information content (AvgIpc) is 3.34. The first-order valence-corrected chi connectivity index (χ1v) is 33.1. The maximum Gasteiger partial charge on any atom is 0.472 e. The Balaban J connectivity index is 3.98. The van der Waals surface area contributed by atoms with E-state index in [1.54, 1.807) is 0 Å². The summed E-state index contributed by atoms with van der Waals surface area (Å²) in [6, 6.07) is 0. The summed E-state index contributed by atoms with van der Waals surface area (Å²) in [4.78, 5) is 23.1. The molecule has 0 heterocycles. The molecule has 0 fully saturated rings. The van der Waals surface area contributed by atoms with Crippen molar-refractivity contribution in [1.29, 1.82) is 0 Å². The number of likely N-dealkylation sites (N-methyl/N-ethyl adjacent to an activating group) is 1. The molecule has 9 heteroatoms. The highest BCUT2D eigenvalue weighted by Gasteiger charge is 2.26. The summed E-state index contributed by atoms with van der Waals surface area (Å²) in [5.41, 5.74) is 0. The van der Waals surface area contributed by atoms with Crippen LogP contribution in [0.4, 0.5) is 0 Å². The molecule has 0 saturated carbocycles. The molecule has 1 N–H and O–H groups in total. The van der Waals surface area contributed by atoms with Gasteiger partial charge in [0.05, 0.1) is 34.4 Å². The fraction of sp³-hybridized carbons (Fsp3) is 0.921. The second-order valence-corrected chi connectivity index (χ2v) is 24.3. The van der Waals surface area contributed by atoms with Crippen molar-refractivity contribution in [3.63, 3.8) is 0 Å². The fourth-order valence-electron chi connectivity index (χ4n) is 9.41. The number of hydrogen-bond acceptors (Lipinski definition) is 6. The first kappa shape index (κ1) is 71.0. The molecule has 0 rings (SSSR count). The van der Waals surface area contributed by atoms with Gasteiger partial charge in [0.25, 0.3) is 0 Å². The molecule has 428 valence electrons. The molecule has 2 atom stereocenters. The zero-order valence-corrected chi connectivity index (χ0v) is 49.8. The van der Waals surface area contributed by atoms with Crippen LogP contribution in [0.25, 0.3) is 0 Å². The summed E-state index contributed by atoms with van der Waals surface area (Å²) in [5, 5.41) is 0. The smallest absolute Gasteiger partial charge is 0.457 e. The summed E-state index contributed by atoms with van der Waals surface area (Å²) in [6.45, 7) is 5.69. The van der Waals surface area contributed by atoms with Crippen LogP contribution in [-0.4, -0.2) is 75.6 Å². The van der Waals surface area contributed by atoms with Crippen LogP contribution in [0.5, 0.6) is 0 Å². The Kier molecular flexibility index (Phi) is 55.4. The summed E-state index contributed by atoms with van der Waals surface area (Å²) >= 11 is 0. The molecule has 0 aliphatic carbocycles. The van der Waals surface area contributed by atoms with Crippen LogP contribution < -0.4 is 0 Å². The molecule has 0 spiro atoms. The molecule has 0 aromatic carbocycles. The van der Waals surface area contributed by atoms with E-state index in [2.05, 4.69) is 38.2 Å². The summed E-state index contributed by atoms with van der Waals surface area (Å²) in [6.07, 6.45) is 69.7. The largest absolute Gasteiger partial charge is 0.472 e. The summed E-state index contributed by atoms with van der Waals surface area (Å²) < 4.78 is 35.4. The number of quaternary nitrogens is 1. The lowest BCUT2D eigenvalue weighted by Gasteiger charge is -2.24. The molecule has 0 radical (unpaired) electrons. The van der Waals surface area contributed by atoms with Gasteiger partial charge in [-0.05, 0) is 44.9 Å². The van der Waals surface area contributed by atoms with Crippen molar-refractivity contribution in [2.24, 2.45) is 0 Å². The Hall–Kier alpha value is -1.02. The van der Waals surface area contributed by atoms with E-state index < -0.39 is 13.9 Å². The van der Waals surface area contributed by atoms with E-state index >= 15 is 0 Å². The Labute approximate surface area is 449 Å². The quantitative estimate of drug-likeness (QED) is 0.0213. The first-order chi connectivity index (χ1) is 35.1. The molecule has 0 bridgehead atoms. The van der Waals surface area contributed by atoms with Crippen LogP contribution in [0.15, 0.2) is 24.3 Å². The molecule has 0 aliphatic rings. The van der Waals surface area contributed by atoms with Crippen molar-refractivity contribution in [3.8, 4) is 0 Å². The van der Waals surface area contributed by atoms with Crippen LogP contribution in [0, 0.1) is 0 Å². The van der Waals surface area contributed by atoms with Crippen LogP contribution in [0.3, 0.4) is 0 Å². The lowest BCUT2D eigenvalue weighted by Crippen LogP contribution is -2.37. The van der Waals surface area contributed by atoms with Gasteiger partial charge >= 0.3 is 13.8 Å². The molecule has 2 unspecified atom stereocenters. The van der Waals surface area contributed by atoms with Gasteiger partial charge < -0.3 is 18.9 Å². The standard InChI is InChI=1S/C63H124NO7P/c1-6-8-10-12-14-16-18-20-22-24-26-28-30-32-33-35-37-39-41-43-45-47-49-51-53-55-58-68-60-62(61-70-72(66,67)69-59-57-64(3,4)5)71-63(65)56-54-52-50-48-46-44-42-40-38-36-34-31-29-27-25-23-21-19-17-15-13-11-9-7-2/h18,20,24,26,62H,6-17,19,21-23,25,27-61H2,1-5H3/p+1/b20-18-,26-24-. The van der Waals surface area contributed by atoms with Gasteiger partial charge in [0.15, 0.2) is 0 Å². The van der Waals surface area contributed by atoms with Gasteiger partial charge in [-0.2, -0.15) is 0 Å². The third-order valence-electron chi connectivity index (χ3n) is 14.3. The second-order valence-electron chi connectivity index (χ2n) is 22.8. The summed E-state index contributed by atoms with van der Waals surface area (Å²) in [5.74, 6) is -0.304. The van der Waals surface area contributed by atoms with Crippen molar-refractivity contribution in [2.45, 2.75) is 322 Å². The van der Waals surface area contributed by atoms with Crippen LogP contribution in [0.1, 0.15) is 316 Å². The van der Waals surface area contributed by atoms with E-state index in [4.69, 9.17) is 18.5 Å². The van der Waals surface area contributed by atoms with E-state index in [9.17, 15) is 14.3 Å². The van der Waals surface area contributed by atoms with Gasteiger partial charge in [0.1, 0.15) is 19.3 Å². The van der Waals surface area contributed by atoms with E-state index in [-0.39, 0.29) is 25.8 Å². The topological polar surface area (TPSA) is 91.3 Å². The van der Waals surface area contributed by atoms with Gasteiger partial charge in [-0.3, -0.25) is 13.8 Å². The van der Waals surface area contributed by atoms with Gasteiger partial charge in [0.2, 0.25) is 0 Å². The van der Waals surface area contributed by atoms with Crippen LogP contribution in [0.2, 0.25) is 0 Å². The minimum absolute atomic E-state index is 0.0919. The Bertz CT molecular complexity index is 1200. The van der Waals surface area contributed by atoms with Crippen molar-refractivity contribution < 1.29 is 37.3 Å². The molecule has 0 aromatic rings. The van der Waals surface area contributed by atoms with Crippen molar-refractivity contribution in [2.75, 3.05) is 54.1 Å². The normalized spacial score (nSPS) is 13.5. The number of carbonyl (C=O) groups excluding carboxylic acids is 1. The number of nitrogens with zero attached hydrogens (tertiary/aromatic N) is 1. The fourth-order valence-corrected chi connectivity index (χ4v) is 10.2. The highest BCUT2D eigenvalue weighted by atomic mass is 31.2. The Morgan fingerprint density at radius 3 is 1.12 bits per heavy atom. The monoisotopic (exact) mass is 1040 g/mol. The third-order valence-corrected chi connectivity index (χ3v) is 15.2. The first-order valence-electron chi connectivity index (χ1n) is 31.6. The number of esters is 1. The Morgan fingerprint density at radius 2 is 0.764 bits per heavy atom. The molecule has 0 amide bonds. The summed E-state index contributed by atoms with van der Waals surface area (Å²) in [7, 11) is 1.69. The number of rotatable bonds is 60. The Morgan fingerprint density at radius 1 is 0.431 bits per heavy atom. The van der Waals surface area contributed by atoms with Crippen molar-refractivity contribution >= 4 is 13.8 Å². The van der Waals surface area contributed by atoms with E-state index in [1.165, 1.54) is 257 Å². The van der Waals surface area contributed by atoms with E-state index in [0.717, 1.165) is 38.5 Å². The van der Waals surface area contributed by atoms with Gasteiger partial charge in [-0.25, -0.2) is 4.57 Å². The van der Waals surface area contributed by atoms with Crippen LogP contribution >= 0.6 is 7.82 Å². The number of unbranched alkanes of at least 4 members (excludes halogenated alkanes) is 42. The predicted molar refractivity (Wildman–Crippen MR) is 312 cm³/mol. The van der Waals surface area contributed by atoms with Crippen molar-refractivity contribution in [3.05, 3.63) is 24.3 Å². The number of allylic oxidation sites excluding steroid dienone is 4. The van der Waals surface area contributed by atoms with Gasteiger partial charge in [-0.1, -0.05) is 289 Å². The molecule has 8 nitrogen and oxygen atoms in total. The van der Waals surface area contributed by atoms with Crippen LogP contribution in [-0.2, 0) is 27.9 Å². The average molecular weight is 1040 g/mol. The molecule has 0 aliphatic heterocycles. The van der Waals surface area contributed by atoms with E-state index in [0.29, 0.717) is 24.1 Å². The minimum atomic E-state index is -4.28. The minimum Gasteiger partial charge on any atom is -0.457 e. The number of carbonyl (C=O) groups is 1. The highest BCUT2D eigenvalue weighted by Crippen LogP contribution is 2.43. The predicted octanol–water partition coefficient (Wildman–Crippen LogP) is 20.2. The number of phosphoric acid groups is 1. The van der Waals surface area contributed by atoms with Gasteiger partial charge in [-0.15, -0.1) is 0 Å². The third kappa shape index (κ3) is 59.9. The second kappa shape index (κ2) is 56.2.